The highest BCUT2D eigenvalue weighted by atomic mass is 16.1. The number of H-pyrrole nitrogens is 1. The smallest absolute Gasteiger partial charge is 0.259 e. The van der Waals surface area contributed by atoms with Crippen LogP contribution in [0.5, 0.6) is 0 Å². The summed E-state index contributed by atoms with van der Waals surface area (Å²) in [4.78, 5) is 25.5. The number of rotatable bonds is 1. The Labute approximate surface area is 86.8 Å². The van der Waals surface area contributed by atoms with E-state index in [0.29, 0.717) is 0 Å². The van der Waals surface area contributed by atoms with Gasteiger partial charge in [-0.05, 0) is 30.9 Å². The highest BCUT2D eigenvalue weighted by Gasteiger charge is 2.07. The van der Waals surface area contributed by atoms with Gasteiger partial charge in [-0.1, -0.05) is 18.2 Å². The van der Waals surface area contributed by atoms with Crippen molar-refractivity contribution < 1.29 is 4.79 Å². The van der Waals surface area contributed by atoms with Crippen LogP contribution in [0.15, 0.2) is 29.1 Å². The minimum absolute atomic E-state index is 0.209. The first-order valence-electron chi connectivity index (χ1n) is 4.73. The Morgan fingerprint density at radius 1 is 1.33 bits per heavy atom. The highest BCUT2D eigenvalue weighted by molar-refractivity contribution is 5.97. The van der Waals surface area contributed by atoms with Crippen molar-refractivity contribution in [3.8, 4) is 0 Å². The molecule has 0 unspecified atom stereocenters. The molecule has 15 heavy (non-hydrogen) atoms. The summed E-state index contributed by atoms with van der Waals surface area (Å²) in [7, 11) is 0. The first kappa shape index (κ1) is 9.65. The molecule has 1 aromatic carbocycles. The molecule has 0 fully saturated rings. The first-order valence-corrected chi connectivity index (χ1v) is 4.73. The fraction of sp³-hybridized carbons (Fsp3) is 0.167. The molecule has 0 radical (unpaired) electrons. The van der Waals surface area contributed by atoms with Gasteiger partial charge < -0.3 is 4.98 Å². The highest BCUT2D eigenvalue weighted by Crippen LogP contribution is 2.14. The average Bonchev–Trinajstić information content (AvgIpc) is 2.18. The molecule has 0 amide bonds. The number of aromatic nitrogens is 1. The summed E-state index contributed by atoms with van der Waals surface area (Å²) in [6, 6.07) is 7.35. The Morgan fingerprint density at radius 3 is 2.73 bits per heavy atom. The number of aromatic amines is 1. The summed E-state index contributed by atoms with van der Waals surface area (Å²) >= 11 is 0. The number of carbonyl (C=O) groups excluding carboxylic acids is 1. The van der Waals surface area contributed by atoms with E-state index in [-0.39, 0.29) is 16.9 Å². The average molecular weight is 201 g/mol. The lowest BCUT2D eigenvalue weighted by Gasteiger charge is -2.02. The Hall–Kier alpha value is -1.90. The fourth-order valence-corrected chi connectivity index (χ4v) is 1.64. The van der Waals surface area contributed by atoms with Crippen molar-refractivity contribution in [2.75, 3.05) is 0 Å². The third kappa shape index (κ3) is 1.56. The van der Waals surface area contributed by atoms with Crippen molar-refractivity contribution >= 4 is 16.7 Å². The van der Waals surface area contributed by atoms with Crippen molar-refractivity contribution in [2.45, 2.75) is 13.8 Å². The van der Waals surface area contributed by atoms with Gasteiger partial charge in [0.05, 0.1) is 11.1 Å². The molecule has 0 aliphatic carbocycles. The van der Waals surface area contributed by atoms with Gasteiger partial charge in [-0.3, -0.25) is 9.59 Å². The Bertz CT molecular complexity index is 596. The molecular formula is C12H11NO2. The lowest BCUT2D eigenvalue weighted by atomic mass is 10.1. The van der Waals surface area contributed by atoms with E-state index < -0.39 is 0 Å². The quantitative estimate of drug-likeness (QED) is 0.718. The number of aryl methyl sites for hydroxylation is 1. The van der Waals surface area contributed by atoms with Gasteiger partial charge in [0.2, 0.25) is 0 Å². The predicted octanol–water partition coefficient (Wildman–Crippen LogP) is 2.04. The number of fused-ring (bicyclic) bond motifs is 1. The normalized spacial score (nSPS) is 10.5. The summed E-state index contributed by atoms with van der Waals surface area (Å²) in [5, 5.41) is 0.889. The zero-order valence-corrected chi connectivity index (χ0v) is 8.63. The Kier molecular flexibility index (Phi) is 2.15. The number of carbonyl (C=O) groups is 1. The number of hydrogen-bond acceptors (Lipinski definition) is 2. The zero-order valence-electron chi connectivity index (χ0n) is 8.63. The SMILES string of the molecule is CC(=O)c1cc2cccc(C)c2[nH]c1=O. The molecule has 1 heterocycles. The molecular weight excluding hydrogens is 190 g/mol. The van der Waals surface area contributed by atoms with E-state index in [1.54, 1.807) is 6.07 Å². The van der Waals surface area contributed by atoms with Crippen LogP contribution in [-0.4, -0.2) is 10.8 Å². The van der Waals surface area contributed by atoms with Crippen LogP contribution in [0.4, 0.5) is 0 Å². The molecule has 0 bridgehead atoms. The minimum Gasteiger partial charge on any atom is -0.321 e. The zero-order chi connectivity index (χ0) is 11.0. The van der Waals surface area contributed by atoms with E-state index >= 15 is 0 Å². The van der Waals surface area contributed by atoms with Gasteiger partial charge >= 0.3 is 0 Å². The van der Waals surface area contributed by atoms with Crippen molar-refractivity contribution in [1.29, 1.82) is 0 Å². The summed E-state index contributed by atoms with van der Waals surface area (Å²) < 4.78 is 0. The van der Waals surface area contributed by atoms with Crippen LogP contribution in [0.1, 0.15) is 22.8 Å². The van der Waals surface area contributed by atoms with Crippen molar-refractivity contribution in [3.63, 3.8) is 0 Å². The van der Waals surface area contributed by atoms with Crippen LogP contribution < -0.4 is 5.56 Å². The van der Waals surface area contributed by atoms with Gasteiger partial charge in [-0.25, -0.2) is 0 Å². The van der Waals surface area contributed by atoms with Gasteiger partial charge in [0.25, 0.3) is 5.56 Å². The first-order chi connectivity index (χ1) is 7.09. The number of ketones is 1. The molecule has 2 rings (SSSR count). The molecule has 76 valence electrons. The van der Waals surface area contributed by atoms with Gasteiger partial charge in [0.1, 0.15) is 0 Å². The molecule has 0 saturated carbocycles. The number of nitrogens with one attached hydrogen (secondary N) is 1. The lowest BCUT2D eigenvalue weighted by molar-refractivity contribution is 0.101. The van der Waals surface area contributed by atoms with Gasteiger partial charge in [-0.2, -0.15) is 0 Å². The maximum Gasteiger partial charge on any atom is 0.259 e. The molecule has 0 atom stereocenters. The lowest BCUT2D eigenvalue weighted by Crippen LogP contribution is -2.15. The summed E-state index contributed by atoms with van der Waals surface area (Å²) in [5.74, 6) is -0.209. The largest absolute Gasteiger partial charge is 0.321 e. The van der Waals surface area contributed by atoms with Crippen molar-refractivity contribution in [2.24, 2.45) is 0 Å². The van der Waals surface area contributed by atoms with Crippen LogP contribution in [0.2, 0.25) is 0 Å². The molecule has 0 spiro atoms. The van der Waals surface area contributed by atoms with Gasteiger partial charge in [-0.15, -0.1) is 0 Å². The fourth-order valence-electron chi connectivity index (χ4n) is 1.64. The number of Topliss-reactive ketones (excluding diaryl/α,β-unsaturated/α-hetero) is 1. The van der Waals surface area contributed by atoms with E-state index in [1.807, 2.05) is 25.1 Å². The molecule has 3 nitrogen and oxygen atoms in total. The summed E-state index contributed by atoms with van der Waals surface area (Å²) in [5.41, 5.74) is 1.70. The van der Waals surface area contributed by atoms with Crippen molar-refractivity contribution in [3.05, 3.63) is 45.7 Å². The molecule has 0 saturated heterocycles. The van der Waals surface area contributed by atoms with E-state index in [0.717, 1.165) is 16.5 Å². The predicted molar refractivity (Wildman–Crippen MR) is 59.3 cm³/mol. The summed E-state index contributed by atoms with van der Waals surface area (Å²) in [6.45, 7) is 3.32. The number of pyridine rings is 1. The van der Waals surface area contributed by atoms with Crippen LogP contribution in [0.25, 0.3) is 10.9 Å². The molecule has 3 heteroatoms. The molecule has 1 aromatic heterocycles. The standard InChI is InChI=1S/C12H11NO2/c1-7-4-3-5-9-6-10(8(2)14)12(15)13-11(7)9/h3-6H,1-2H3,(H,13,15). The monoisotopic (exact) mass is 201 g/mol. The topological polar surface area (TPSA) is 49.9 Å². The van der Waals surface area contributed by atoms with E-state index in [1.165, 1.54) is 6.92 Å². The minimum atomic E-state index is -0.315. The van der Waals surface area contributed by atoms with Gasteiger partial charge in [0.15, 0.2) is 5.78 Å². The van der Waals surface area contributed by atoms with E-state index in [9.17, 15) is 9.59 Å². The van der Waals surface area contributed by atoms with E-state index in [4.69, 9.17) is 0 Å². The molecule has 1 N–H and O–H groups in total. The third-order valence-electron chi connectivity index (χ3n) is 2.47. The Morgan fingerprint density at radius 2 is 2.07 bits per heavy atom. The van der Waals surface area contributed by atoms with Crippen LogP contribution >= 0.6 is 0 Å². The summed E-state index contributed by atoms with van der Waals surface area (Å²) in [6.07, 6.45) is 0. The van der Waals surface area contributed by atoms with Crippen LogP contribution in [-0.2, 0) is 0 Å². The Balaban J connectivity index is 2.88. The number of benzene rings is 1. The number of para-hydroxylation sites is 1. The molecule has 2 aromatic rings. The number of hydrogen-bond donors (Lipinski definition) is 1. The maximum absolute atomic E-state index is 11.6. The third-order valence-corrected chi connectivity index (χ3v) is 2.47. The molecule has 0 aliphatic heterocycles. The second-order valence-electron chi connectivity index (χ2n) is 3.61. The second-order valence-corrected chi connectivity index (χ2v) is 3.61. The second kappa shape index (κ2) is 3.35. The van der Waals surface area contributed by atoms with Gasteiger partial charge in [0, 0.05) is 0 Å². The van der Waals surface area contributed by atoms with Crippen LogP contribution in [0.3, 0.4) is 0 Å². The van der Waals surface area contributed by atoms with E-state index in [2.05, 4.69) is 4.98 Å². The van der Waals surface area contributed by atoms with Crippen LogP contribution in [0, 0.1) is 6.92 Å². The molecule has 0 aliphatic rings. The maximum atomic E-state index is 11.6. The van der Waals surface area contributed by atoms with Crippen molar-refractivity contribution in [1.82, 2.24) is 4.98 Å².